The molecule has 0 spiro atoms. The number of hydrogen-bond donors (Lipinski definition) is 1. The molecule has 2 N–H and O–H groups in total. The fourth-order valence-corrected chi connectivity index (χ4v) is 2.69. The third-order valence-electron chi connectivity index (χ3n) is 3.66. The van der Waals surface area contributed by atoms with E-state index in [0.717, 1.165) is 25.1 Å². The largest absolute Gasteiger partial charge is 0.345 e. The van der Waals surface area contributed by atoms with Gasteiger partial charge in [0.1, 0.15) is 0 Å². The summed E-state index contributed by atoms with van der Waals surface area (Å²) in [6.07, 6.45) is 4.80. The van der Waals surface area contributed by atoms with E-state index in [1.54, 1.807) is 9.58 Å². The Morgan fingerprint density at radius 1 is 1.37 bits per heavy atom. The van der Waals surface area contributed by atoms with Gasteiger partial charge in [-0.15, -0.1) is 0 Å². The molecule has 1 aromatic rings. The molecule has 6 nitrogen and oxygen atoms in total. The zero-order chi connectivity index (χ0) is 14.0. The Balaban J connectivity index is 2.21. The molecule has 0 aliphatic carbocycles. The molecule has 1 aliphatic rings. The molecule has 0 aromatic carbocycles. The molecular weight excluding hydrogens is 242 g/mol. The van der Waals surface area contributed by atoms with Crippen molar-refractivity contribution in [3.05, 3.63) is 18.0 Å². The van der Waals surface area contributed by atoms with E-state index in [4.69, 9.17) is 5.73 Å². The Hall–Kier alpha value is -1.40. The van der Waals surface area contributed by atoms with E-state index < -0.39 is 0 Å². The van der Waals surface area contributed by atoms with Crippen molar-refractivity contribution in [1.82, 2.24) is 19.6 Å². The molecule has 0 saturated carbocycles. The van der Waals surface area contributed by atoms with Crippen LogP contribution in [0.15, 0.2) is 12.4 Å². The first-order valence-electron chi connectivity index (χ1n) is 6.71. The first-order chi connectivity index (χ1) is 8.99. The lowest BCUT2D eigenvalue weighted by Gasteiger charge is -2.32. The van der Waals surface area contributed by atoms with Crippen LogP contribution in [0.25, 0.3) is 0 Å². The van der Waals surface area contributed by atoms with Gasteiger partial charge in [0.05, 0.1) is 18.8 Å². The second-order valence-electron chi connectivity index (χ2n) is 5.39. The number of hydrogen-bond acceptors (Lipinski definition) is 4. The van der Waals surface area contributed by atoms with Crippen LogP contribution in [0.4, 0.5) is 0 Å². The zero-order valence-electron chi connectivity index (χ0n) is 11.9. The Kier molecular flexibility index (Phi) is 4.21. The highest BCUT2D eigenvalue weighted by atomic mass is 16.2. The summed E-state index contributed by atoms with van der Waals surface area (Å²) in [6.45, 7) is 4.11. The average Bonchev–Trinajstić information content (AvgIpc) is 2.67. The SMILES string of the molecule is CC(N)C(c1cnn(C)c1)N1CCCN(C)C(=O)C1. The molecule has 0 radical (unpaired) electrons. The summed E-state index contributed by atoms with van der Waals surface area (Å²) in [4.78, 5) is 16.0. The first-order valence-corrected chi connectivity index (χ1v) is 6.71. The molecular formula is C13H23N5O. The maximum atomic E-state index is 12.0. The van der Waals surface area contributed by atoms with Gasteiger partial charge in [0.2, 0.25) is 5.91 Å². The van der Waals surface area contributed by atoms with Gasteiger partial charge in [0.15, 0.2) is 0 Å². The van der Waals surface area contributed by atoms with Gasteiger partial charge < -0.3 is 10.6 Å². The molecule has 2 unspecified atom stereocenters. The van der Waals surface area contributed by atoms with Crippen molar-refractivity contribution in [3.8, 4) is 0 Å². The molecule has 2 heterocycles. The van der Waals surface area contributed by atoms with E-state index in [0.29, 0.717) is 6.54 Å². The Bertz CT molecular complexity index is 442. The van der Waals surface area contributed by atoms with E-state index in [-0.39, 0.29) is 18.0 Å². The topological polar surface area (TPSA) is 67.4 Å². The first kappa shape index (κ1) is 14.0. The van der Waals surface area contributed by atoms with Crippen LogP contribution in [0.3, 0.4) is 0 Å². The lowest BCUT2D eigenvalue weighted by Crippen LogP contribution is -2.43. The third-order valence-corrected chi connectivity index (χ3v) is 3.66. The van der Waals surface area contributed by atoms with Crippen molar-refractivity contribution < 1.29 is 4.79 Å². The molecule has 1 aromatic heterocycles. The number of rotatable bonds is 3. The Labute approximate surface area is 114 Å². The van der Waals surface area contributed by atoms with Gasteiger partial charge in [-0.1, -0.05) is 0 Å². The summed E-state index contributed by atoms with van der Waals surface area (Å²) in [5.74, 6) is 0.159. The molecule has 2 rings (SSSR count). The van der Waals surface area contributed by atoms with Crippen LogP contribution in [0, 0.1) is 0 Å². The van der Waals surface area contributed by atoms with Gasteiger partial charge in [0, 0.05) is 45.0 Å². The summed E-state index contributed by atoms with van der Waals surface area (Å²) >= 11 is 0. The quantitative estimate of drug-likeness (QED) is 0.833. The van der Waals surface area contributed by atoms with Gasteiger partial charge in [-0.2, -0.15) is 5.10 Å². The highest BCUT2D eigenvalue weighted by Gasteiger charge is 2.29. The van der Waals surface area contributed by atoms with E-state index >= 15 is 0 Å². The van der Waals surface area contributed by atoms with Crippen LogP contribution in [0.2, 0.25) is 0 Å². The van der Waals surface area contributed by atoms with Crippen molar-refractivity contribution in [2.75, 3.05) is 26.7 Å². The molecule has 19 heavy (non-hydrogen) atoms. The van der Waals surface area contributed by atoms with Crippen molar-refractivity contribution in [2.45, 2.75) is 25.4 Å². The number of carbonyl (C=O) groups excluding carboxylic acids is 1. The van der Waals surface area contributed by atoms with E-state index in [9.17, 15) is 4.79 Å². The van der Waals surface area contributed by atoms with Crippen LogP contribution >= 0.6 is 0 Å². The number of nitrogens with two attached hydrogens (primary N) is 1. The number of aromatic nitrogens is 2. The summed E-state index contributed by atoms with van der Waals surface area (Å²) in [5.41, 5.74) is 7.21. The lowest BCUT2D eigenvalue weighted by molar-refractivity contribution is -0.130. The fraction of sp³-hybridized carbons (Fsp3) is 0.692. The Morgan fingerprint density at radius 2 is 2.11 bits per heavy atom. The number of nitrogens with zero attached hydrogens (tertiary/aromatic N) is 4. The standard InChI is InChI=1S/C13H23N5O/c1-10(14)13(11-7-15-17(3)8-11)18-6-4-5-16(2)12(19)9-18/h7-8,10,13H,4-6,9,14H2,1-3H3. The van der Waals surface area contributed by atoms with Crippen molar-refractivity contribution in [2.24, 2.45) is 12.8 Å². The third kappa shape index (κ3) is 3.13. The molecule has 1 saturated heterocycles. The molecule has 0 bridgehead atoms. The maximum absolute atomic E-state index is 12.0. The summed E-state index contributed by atoms with van der Waals surface area (Å²) < 4.78 is 1.77. The Morgan fingerprint density at radius 3 is 2.68 bits per heavy atom. The van der Waals surface area contributed by atoms with E-state index in [1.807, 2.05) is 33.4 Å². The van der Waals surface area contributed by atoms with Crippen molar-refractivity contribution >= 4 is 5.91 Å². The molecule has 1 aliphatic heterocycles. The van der Waals surface area contributed by atoms with Crippen molar-refractivity contribution in [1.29, 1.82) is 0 Å². The van der Waals surface area contributed by atoms with Crippen LogP contribution in [0.1, 0.15) is 24.9 Å². The van der Waals surface area contributed by atoms with Gasteiger partial charge in [-0.3, -0.25) is 14.4 Å². The van der Waals surface area contributed by atoms with Gasteiger partial charge in [0.25, 0.3) is 0 Å². The smallest absolute Gasteiger partial charge is 0.236 e. The van der Waals surface area contributed by atoms with Crippen LogP contribution in [-0.4, -0.2) is 58.2 Å². The molecule has 1 amide bonds. The van der Waals surface area contributed by atoms with Gasteiger partial charge in [-0.05, 0) is 13.3 Å². The predicted octanol–water partition coefficient (Wildman–Crippen LogP) is -0.0275. The van der Waals surface area contributed by atoms with Crippen molar-refractivity contribution in [3.63, 3.8) is 0 Å². The number of carbonyl (C=O) groups is 1. The second kappa shape index (κ2) is 5.71. The summed E-state index contributed by atoms with van der Waals surface area (Å²) in [7, 11) is 3.75. The van der Waals surface area contributed by atoms with Gasteiger partial charge in [-0.25, -0.2) is 0 Å². The highest BCUT2D eigenvalue weighted by Crippen LogP contribution is 2.24. The maximum Gasteiger partial charge on any atom is 0.236 e. The molecule has 2 atom stereocenters. The van der Waals surface area contributed by atoms with E-state index in [2.05, 4.69) is 10.00 Å². The minimum atomic E-state index is -0.0413. The molecule has 1 fully saturated rings. The second-order valence-corrected chi connectivity index (χ2v) is 5.39. The molecule has 6 heteroatoms. The van der Waals surface area contributed by atoms with E-state index in [1.165, 1.54) is 0 Å². The average molecular weight is 265 g/mol. The minimum absolute atomic E-state index is 0.0413. The monoisotopic (exact) mass is 265 g/mol. The number of aryl methyl sites for hydroxylation is 1. The van der Waals surface area contributed by atoms with Crippen LogP contribution in [0.5, 0.6) is 0 Å². The van der Waals surface area contributed by atoms with Gasteiger partial charge >= 0.3 is 0 Å². The molecule has 106 valence electrons. The fourth-order valence-electron chi connectivity index (χ4n) is 2.69. The minimum Gasteiger partial charge on any atom is -0.345 e. The zero-order valence-corrected chi connectivity index (χ0v) is 11.9. The van der Waals surface area contributed by atoms with Crippen LogP contribution < -0.4 is 5.73 Å². The predicted molar refractivity (Wildman–Crippen MR) is 73.4 cm³/mol. The summed E-state index contributed by atoms with van der Waals surface area (Å²) in [5, 5.41) is 4.21. The number of likely N-dealkylation sites (N-methyl/N-ethyl adjacent to an activating group) is 1. The van der Waals surface area contributed by atoms with Crippen LogP contribution in [-0.2, 0) is 11.8 Å². The number of amides is 1. The summed E-state index contributed by atoms with van der Waals surface area (Å²) in [6, 6.07) is 0.00422. The normalized spacial score (nSPS) is 21.3. The highest BCUT2D eigenvalue weighted by molar-refractivity contribution is 5.78. The lowest BCUT2D eigenvalue weighted by atomic mass is 10.0.